The molecule has 6 heteroatoms. The molecular weight excluding hydrogens is 338 g/mol. The van der Waals surface area contributed by atoms with Crippen LogP contribution in [0.1, 0.15) is 23.0 Å². The van der Waals surface area contributed by atoms with Gasteiger partial charge >= 0.3 is 0 Å². The first-order chi connectivity index (χ1) is 13.1. The minimum atomic E-state index is -0.340. The molecular formula is C21H21N5O. The molecule has 0 radical (unpaired) electrons. The van der Waals surface area contributed by atoms with E-state index in [1.54, 1.807) is 10.9 Å². The first-order valence-electron chi connectivity index (χ1n) is 8.86. The average Bonchev–Trinajstić information content (AvgIpc) is 3.24. The van der Waals surface area contributed by atoms with Crippen molar-refractivity contribution in [2.45, 2.75) is 19.5 Å². The number of amides is 1. The summed E-state index contributed by atoms with van der Waals surface area (Å²) in [5, 5.41) is 7.32. The quantitative estimate of drug-likeness (QED) is 0.596. The molecule has 0 saturated heterocycles. The zero-order valence-electron chi connectivity index (χ0n) is 15.3. The Morgan fingerprint density at radius 3 is 2.56 bits per heavy atom. The van der Waals surface area contributed by atoms with Crippen LogP contribution in [0.5, 0.6) is 0 Å². The summed E-state index contributed by atoms with van der Waals surface area (Å²) < 4.78 is 3.67. The fourth-order valence-electron chi connectivity index (χ4n) is 3.27. The van der Waals surface area contributed by atoms with Gasteiger partial charge in [0.15, 0.2) is 0 Å². The van der Waals surface area contributed by atoms with E-state index in [9.17, 15) is 4.79 Å². The van der Waals surface area contributed by atoms with Gasteiger partial charge in [0, 0.05) is 13.2 Å². The lowest BCUT2D eigenvalue weighted by Gasteiger charge is -2.19. The number of fused-ring (bicyclic) bond motifs is 1. The number of nitrogens with zero attached hydrogens (tertiary/aromatic N) is 4. The molecule has 2 aromatic carbocycles. The number of carbonyl (C=O) groups is 1. The highest BCUT2D eigenvalue weighted by Gasteiger charge is 2.22. The third kappa shape index (κ3) is 3.46. The Balaban J connectivity index is 1.69. The first-order valence-corrected chi connectivity index (χ1v) is 8.86. The maximum absolute atomic E-state index is 12.7. The van der Waals surface area contributed by atoms with Crippen LogP contribution >= 0.6 is 0 Å². The topological polar surface area (TPSA) is 64.7 Å². The molecule has 0 aliphatic rings. The van der Waals surface area contributed by atoms with E-state index >= 15 is 0 Å². The molecule has 2 heterocycles. The van der Waals surface area contributed by atoms with E-state index in [0.717, 1.165) is 28.0 Å². The predicted molar refractivity (Wildman–Crippen MR) is 104 cm³/mol. The van der Waals surface area contributed by atoms with Gasteiger partial charge in [-0.1, -0.05) is 42.5 Å². The molecule has 6 nitrogen and oxygen atoms in total. The van der Waals surface area contributed by atoms with Crippen molar-refractivity contribution in [3.05, 3.63) is 83.9 Å². The van der Waals surface area contributed by atoms with E-state index in [4.69, 9.17) is 4.98 Å². The highest BCUT2D eigenvalue weighted by Crippen LogP contribution is 2.25. The third-order valence-corrected chi connectivity index (χ3v) is 4.59. The van der Waals surface area contributed by atoms with Gasteiger partial charge in [-0.25, -0.2) is 4.98 Å². The van der Waals surface area contributed by atoms with Crippen molar-refractivity contribution in [2.24, 2.45) is 7.05 Å². The summed E-state index contributed by atoms with van der Waals surface area (Å²) in [6.45, 7) is 2.12. The summed E-state index contributed by atoms with van der Waals surface area (Å²) in [7, 11) is 1.98. The second-order valence-electron chi connectivity index (χ2n) is 6.64. The molecule has 1 atom stereocenters. The third-order valence-electron chi connectivity index (χ3n) is 4.59. The van der Waals surface area contributed by atoms with Gasteiger partial charge in [0.25, 0.3) is 0 Å². The van der Waals surface area contributed by atoms with E-state index in [1.165, 1.54) is 0 Å². The second kappa shape index (κ2) is 7.07. The highest BCUT2D eigenvalue weighted by molar-refractivity contribution is 5.78. The Kier molecular flexibility index (Phi) is 4.46. The molecule has 0 fully saturated rings. The zero-order valence-corrected chi connectivity index (χ0v) is 15.3. The van der Waals surface area contributed by atoms with Gasteiger partial charge in [0.05, 0.1) is 17.2 Å². The van der Waals surface area contributed by atoms with Crippen LogP contribution in [0.4, 0.5) is 0 Å². The predicted octanol–water partition coefficient (Wildman–Crippen LogP) is 2.98. The number of hydrogen-bond acceptors (Lipinski definition) is 3. The molecule has 136 valence electrons. The van der Waals surface area contributed by atoms with Gasteiger partial charge < -0.3 is 9.88 Å². The number of nitrogens with one attached hydrogen (secondary N) is 1. The molecule has 0 bridgehead atoms. The van der Waals surface area contributed by atoms with E-state index in [-0.39, 0.29) is 18.5 Å². The molecule has 4 aromatic rings. The van der Waals surface area contributed by atoms with Crippen LogP contribution in [0.3, 0.4) is 0 Å². The van der Waals surface area contributed by atoms with Crippen molar-refractivity contribution in [3.63, 3.8) is 0 Å². The van der Waals surface area contributed by atoms with Crippen molar-refractivity contribution >= 4 is 16.9 Å². The number of carbonyl (C=O) groups excluding carboxylic acids is 1. The van der Waals surface area contributed by atoms with Crippen LogP contribution in [0.2, 0.25) is 0 Å². The van der Waals surface area contributed by atoms with E-state index < -0.39 is 0 Å². The summed E-state index contributed by atoms with van der Waals surface area (Å²) in [6.07, 6.45) is 3.60. The Bertz CT molecular complexity index is 1080. The van der Waals surface area contributed by atoms with E-state index in [0.29, 0.717) is 0 Å². The molecule has 0 aliphatic heterocycles. The number of rotatable bonds is 5. The number of benzene rings is 2. The van der Waals surface area contributed by atoms with Gasteiger partial charge in [-0.2, -0.15) is 5.10 Å². The number of para-hydroxylation sites is 2. The van der Waals surface area contributed by atoms with Crippen LogP contribution in [0.25, 0.3) is 11.0 Å². The van der Waals surface area contributed by atoms with Crippen LogP contribution in [0.15, 0.2) is 67.0 Å². The minimum Gasteiger partial charge on any atom is -0.340 e. The summed E-state index contributed by atoms with van der Waals surface area (Å²) in [5.41, 5.74) is 3.96. The lowest BCUT2D eigenvalue weighted by Crippen LogP contribution is -2.33. The van der Waals surface area contributed by atoms with E-state index in [1.807, 2.05) is 79.3 Å². The lowest BCUT2D eigenvalue weighted by molar-refractivity contribution is -0.122. The zero-order chi connectivity index (χ0) is 18.8. The minimum absolute atomic E-state index is 0.112. The van der Waals surface area contributed by atoms with Crippen molar-refractivity contribution in [1.82, 2.24) is 24.6 Å². The van der Waals surface area contributed by atoms with Gasteiger partial charge in [-0.3, -0.25) is 9.48 Å². The molecule has 0 aliphatic carbocycles. The van der Waals surface area contributed by atoms with Gasteiger partial charge in [-0.05, 0) is 30.2 Å². The normalized spacial score (nSPS) is 12.2. The summed E-state index contributed by atoms with van der Waals surface area (Å²) in [4.78, 5) is 17.5. The van der Waals surface area contributed by atoms with Crippen molar-refractivity contribution in [2.75, 3.05) is 0 Å². The Morgan fingerprint density at radius 2 is 1.85 bits per heavy atom. The smallest absolute Gasteiger partial charge is 0.242 e. The maximum atomic E-state index is 12.7. The van der Waals surface area contributed by atoms with Crippen molar-refractivity contribution < 1.29 is 4.79 Å². The summed E-state index contributed by atoms with van der Waals surface area (Å²) >= 11 is 0. The molecule has 1 amide bonds. The largest absolute Gasteiger partial charge is 0.340 e. The Morgan fingerprint density at radius 1 is 1.11 bits per heavy atom. The Hall–Kier alpha value is -3.41. The van der Waals surface area contributed by atoms with Crippen LogP contribution in [-0.2, 0) is 18.4 Å². The van der Waals surface area contributed by atoms with Gasteiger partial charge in [0.2, 0.25) is 5.91 Å². The fourth-order valence-corrected chi connectivity index (χ4v) is 3.27. The van der Waals surface area contributed by atoms with Crippen LogP contribution in [0, 0.1) is 6.92 Å². The maximum Gasteiger partial charge on any atom is 0.242 e. The number of aromatic nitrogens is 4. The van der Waals surface area contributed by atoms with Crippen molar-refractivity contribution in [1.29, 1.82) is 0 Å². The number of hydrogen-bond donors (Lipinski definition) is 1. The van der Waals surface area contributed by atoms with Crippen LogP contribution in [-0.4, -0.2) is 25.2 Å². The second-order valence-corrected chi connectivity index (χ2v) is 6.64. The number of imidazole rings is 1. The summed E-state index contributed by atoms with van der Waals surface area (Å²) in [6, 6.07) is 17.5. The number of aryl methyl sites for hydroxylation is 2. The van der Waals surface area contributed by atoms with Crippen LogP contribution < -0.4 is 5.32 Å². The molecule has 0 spiro atoms. The molecule has 4 rings (SSSR count). The molecule has 0 saturated carbocycles. The van der Waals surface area contributed by atoms with Crippen molar-refractivity contribution in [3.8, 4) is 0 Å². The first kappa shape index (κ1) is 17.0. The molecule has 2 aromatic heterocycles. The highest BCUT2D eigenvalue weighted by atomic mass is 16.2. The SMILES string of the molecule is Cc1cnn(CC(=O)NC(c2ccccc2)c2nc3ccccc3n2C)c1. The average molecular weight is 359 g/mol. The molecule has 1 unspecified atom stereocenters. The van der Waals surface area contributed by atoms with E-state index in [2.05, 4.69) is 10.4 Å². The summed E-state index contributed by atoms with van der Waals surface area (Å²) in [5.74, 6) is 0.686. The molecule has 1 N–H and O–H groups in total. The fraction of sp³-hybridized carbons (Fsp3) is 0.190. The Labute approximate surface area is 157 Å². The lowest BCUT2D eigenvalue weighted by atomic mass is 10.1. The molecule has 27 heavy (non-hydrogen) atoms. The monoisotopic (exact) mass is 359 g/mol. The van der Waals surface area contributed by atoms with Gasteiger partial charge in [0.1, 0.15) is 18.4 Å². The standard InChI is InChI=1S/C21H21N5O/c1-15-12-22-26(13-15)14-19(27)24-20(16-8-4-3-5-9-16)21-23-17-10-6-7-11-18(17)25(21)2/h3-13,20H,14H2,1-2H3,(H,24,27). The van der Waals surface area contributed by atoms with Gasteiger partial charge in [-0.15, -0.1) is 0 Å².